The lowest BCUT2D eigenvalue weighted by molar-refractivity contribution is -0.119. The molecule has 0 radical (unpaired) electrons. The van der Waals surface area contributed by atoms with Gasteiger partial charge in [-0.25, -0.2) is 0 Å². The molecule has 7 nitrogen and oxygen atoms in total. The van der Waals surface area contributed by atoms with Crippen LogP contribution in [0.1, 0.15) is 22.7 Å². The standard InChI is InChI=1S/C24H26N4O3/c25-24(29)17-28(11-7-19-2-1-8-27-16-19)21(14-18-5-9-26-10-6-18)20-3-4-22-23(15-20)31-13-12-30-22/h1-6,8-10,15-16,21H,7,11-14,17H2,(H2,25,29). The highest BCUT2D eigenvalue weighted by Crippen LogP contribution is 2.35. The van der Waals surface area contributed by atoms with E-state index in [0.717, 1.165) is 34.6 Å². The number of primary amides is 1. The number of nitrogens with two attached hydrogens (primary N) is 1. The molecule has 4 rings (SSSR count). The van der Waals surface area contributed by atoms with Gasteiger partial charge < -0.3 is 15.2 Å². The van der Waals surface area contributed by atoms with Crippen LogP contribution in [0.25, 0.3) is 0 Å². The lowest BCUT2D eigenvalue weighted by atomic mass is 9.96. The van der Waals surface area contributed by atoms with Gasteiger partial charge in [-0.2, -0.15) is 0 Å². The molecule has 7 heteroatoms. The van der Waals surface area contributed by atoms with E-state index in [-0.39, 0.29) is 18.5 Å². The van der Waals surface area contributed by atoms with E-state index in [4.69, 9.17) is 15.2 Å². The number of rotatable bonds is 9. The molecule has 0 bridgehead atoms. The van der Waals surface area contributed by atoms with Gasteiger partial charge in [0.15, 0.2) is 11.5 Å². The van der Waals surface area contributed by atoms with E-state index in [1.54, 1.807) is 18.6 Å². The number of benzene rings is 1. The van der Waals surface area contributed by atoms with E-state index < -0.39 is 0 Å². The predicted molar refractivity (Wildman–Crippen MR) is 117 cm³/mol. The van der Waals surface area contributed by atoms with Crippen molar-refractivity contribution in [2.24, 2.45) is 5.73 Å². The van der Waals surface area contributed by atoms with Crippen molar-refractivity contribution in [2.45, 2.75) is 18.9 Å². The Balaban J connectivity index is 1.65. The third-order valence-electron chi connectivity index (χ3n) is 5.34. The zero-order valence-corrected chi connectivity index (χ0v) is 17.3. The first kappa shape index (κ1) is 20.8. The Morgan fingerprint density at radius 3 is 2.55 bits per heavy atom. The fourth-order valence-corrected chi connectivity index (χ4v) is 3.83. The maximum absolute atomic E-state index is 12.0. The zero-order chi connectivity index (χ0) is 21.5. The number of aromatic nitrogens is 2. The Kier molecular flexibility index (Phi) is 6.74. The highest BCUT2D eigenvalue weighted by molar-refractivity contribution is 5.76. The van der Waals surface area contributed by atoms with E-state index in [1.807, 2.05) is 48.7 Å². The van der Waals surface area contributed by atoms with Crippen LogP contribution >= 0.6 is 0 Å². The number of carbonyl (C=O) groups is 1. The molecule has 3 heterocycles. The van der Waals surface area contributed by atoms with Crippen LogP contribution in [0, 0.1) is 0 Å². The van der Waals surface area contributed by atoms with E-state index >= 15 is 0 Å². The molecule has 2 N–H and O–H groups in total. The Hall–Kier alpha value is -3.45. The molecule has 1 aliphatic rings. The van der Waals surface area contributed by atoms with Gasteiger partial charge in [0.05, 0.1) is 6.54 Å². The van der Waals surface area contributed by atoms with Crippen LogP contribution in [0.4, 0.5) is 0 Å². The van der Waals surface area contributed by atoms with Gasteiger partial charge in [-0.15, -0.1) is 0 Å². The summed E-state index contributed by atoms with van der Waals surface area (Å²) in [6.45, 7) is 1.90. The number of hydrogen-bond acceptors (Lipinski definition) is 6. The molecule has 1 atom stereocenters. The fourth-order valence-electron chi connectivity index (χ4n) is 3.83. The maximum Gasteiger partial charge on any atom is 0.231 e. The van der Waals surface area contributed by atoms with Crippen LogP contribution in [-0.2, 0) is 17.6 Å². The van der Waals surface area contributed by atoms with Gasteiger partial charge in [0.1, 0.15) is 13.2 Å². The number of amides is 1. The number of pyridine rings is 2. The number of carbonyl (C=O) groups excluding carboxylic acids is 1. The van der Waals surface area contributed by atoms with E-state index in [1.165, 1.54) is 0 Å². The van der Waals surface area contributed by atoms with Crippen LogP contribution in [0.3, 0.4) is 0 Å². The van der Waals surface area contributed by atoms with Crippen LogP contribution < -0.4 is 15.2 Å². The van der Waals surface area contributed by atoms with Crippen LogP contribution in [0.5, 0.6) is 11.5 Å². The summed E-state index contributed by atoms with van der Waals surface area (Å²) in [5, 5.41) is 0. The first-order valence-electron chi connectivity index (χ1n) is 10.4. The van der Waals surface area contributed by atoms with Gasteiger partial charge in [0, 0.05) is 37.4 Å². The summed E-state index contributed by atoms with van der Waals surface area (Å²) in [6, 6.07) is 13.9. The highest BCUT2D eigenvalue weighted by atomic mass is 16.6. The van der Waals surface area contributed by atoms with Crippen molar-refractivity contribution in [3.8, 4) is 11.5 Å². The first-order chi connectivity index (χ1) is 15.2. The lowest BCUT2D eigenvalue weighted by Crippen LogP contribution is -2.39. The quantitative estimate of drug-likeness (QED) is 0.574. The third-order valence-corrected chi connectivity index (χ3v) is 5.34. The Morgan fingerprint density at radius 2 is 1.81 bits per heavy atom. The molecule has 1 aliphatic heterocycles. The second-order valence-electron chi connectivity index (χ2n) is 7.53. The van der Waals surface area contributed by atoms with Gasteiger partial charge >= 0.3 is 0 Å². The van der Waals surface area contributed by atoms with Crippen molar-refractivity contribution in [1.82, 2.24) is 14.9 Å². The van der Waals surface area contributed by atoms with Crippen molar-refractivity contribution < 1.29 is 14.3 Å². The molecule has 2 aromatic heterocycles. The summed E-state index contributed by atoms with van der Waals surface area (Å²) in [7, 11) is 0. The highest BCUT2D eigenvalue weighted by Gasteiger charge is 2.24. The molecule has 3 aromatic rings. The van der Waals surface area contributed by atoms with Gasteiger partial charge in [-0.3, -0.25) is 19.7 Å². The molecule has 0 fully saturated rings. The SMILES string of the molecule is NC(=O)CN(CCc1cccnc1)C(Cc1ccncc1)c1ccc2c(c1)OCCO2. The van der Waals surface area contributed by atoms with E-state index in [9.17, 15) is 4.79 Å². The normalized spacial score (nSPS) is 13.7. The summed E-state index contributed by atoms with van der Waals surface area (Å²) < 4.78 is 11.5. The van der Waals surface area contributed by atoms with Gasteiger partial charge in [-0.1, -0.05) is 12.1 Å². The lowest BCUT2D eigenvalue weighted by Gasteiger charge is -2.32. The molecule has 0 saturated heterocycles. The topological polar surface area (TPSA) is 90.6 Å². The molecule has 1 aromatic carbocycles. The molecular weight excluding hydrogens is 392 g/mol. The van der Waals surface area contributed by atoms with Crippen molar-refractivity contribution in [2.75, 3.05) is 26.3 Å². The predicted octanol–water partition coefficient (Wildman–Crippen LogP) is 2.56. The summed E-state index contributed by atoms with van der Waals surface area (Å²) in [4.78, 5) is 22.4. The number of fused-ring (bicyclic) bond motifs is 1. The summed E-state index contributed by atoms with van der Waals surface area (Å²) >= 11 is 0. The van der Waals surface area contributed by atoms with Crippen LogP contribution in [0.2, 0.25) is 0 Å². The molecule has 1 amide bonds. The Labute approximate surface area is 181 Å². The monoisotopic (exact) mass is 418 g/mol. The minimum atomic E-state index is -0.358. The van der Waals surface area contributed by atoms with Crippen LogP contribution in [-0.4, -0.2) is 47.1 Å². The average Bonchev–Trinajstić information content (AvgIpc) is 2.81. The third kappa shape index (κ3) is 5.58. The Bertz CT molecular complexity index is 998. The largest absolute Gasteiger partial charge is 0.486 e. The maximum atomic E-state index is 12.0. The second-order valence-corrected chi connectivity index (χ2v) is 7.53. The van der Waals surface area contributed by atoms with E-state index in [0.29, 0.717) is 26.2 Å². The number of ether oxygens (including phenoxy) is 2. The minimum absolute atomic E-state index is 0.0672. The zero-order valence-electron chi connectivity index (χ0n) is 17.3. The molecule has 0 aliphatic carbocycles. The number of nitrogens with zero attached hydrogens (tertiary/aromatic N) is 3. The molecule has 160 valence electrons. The second kappa shape index (κ2) is 10.0. The smallest absolute Gasteiger partial charge is 0.231 e. The average molecular weight is 418 g/mol. The molecule has 0 saturated carbocycles. The number of hydrogen-bond donors (Lipinski definition) is 1. The van der Waals surface area contributed by atoms with E-state index in [2.05, 4.69) is 14.9 Å². The van der Waals surface area contributed by atoms with Crippen LogP contribution in [0.15, 0.2) is 67.3 Å². The molecule has 31 heavy (non-hydrogen) atoms. The fraction of sp³-hybridized carbons (Fsp3) is 0.292. The summed E-state index contributed by atoms with van der Waals surface area (Å²) in [5.41, 5.74) is 8.93. The van der Waals surface area contributed by atoms with Gasteiger partial charge in [0.25, 0.3) is 0 Å². The van der Waals surface area contributed by atoms with Gasteiger partial charge in [-0.05, 0) is 59.9 Å². The molecule has 0 spiro atoms. The van der Waals surface area contributed by atoms with Crippen molar-refractivity contribution in [1.29, 1.82) is 0 Å². The Morgan fingerprint density at radius 1 is 1.00 bits per heavy atom. The minimum Gasteiger partial charge on any atom is -0.486 e. The molecule has 1 unspecified atom stereocenters. The first-order valence-corrected chi connectivity index (χ1v) is 10.4. The summed E-state index contributed by atoms with van der Waals surface area (Å²) in [5.74, 6) is 1.12. The van der Waals surface area contributed by atoms with Gasteiger partial charge in [0.2, 0.25) is 5.91 Å². The van der Waals surface area contributed by atoms with Crippen molar-refractivity contribution in [3.05, 3.63) is 83.9 Å². The van der Waals surface area contributed by atoms with Crippen molar-refractivity contribution in [3.63, 3.8) is 0 Å². The molecular formula is C24H26N4O3. The van der Waals surface area contributed by atoms with Crippen molar-refractivity contribution >= 4 is 5.91 Å². The summed E-state index contributed by atoms with van der Waals surface area (Å²) in [6.07, 6.45) is 8.64.